The van der Waals surface area contributed by atoms with E-state index in [9.17, 15) is 13.2 Å². The van der Waals surface area contributed by atoms with Crippen LogP contribution < -0.4 is 0 Å². The summed E-state index contributed by atoms with van der Waals surface area (Å²) in [5, 5.41) is 17.3. The molecule has 0 spiro atoms. The van der Waals surface area contributed by atoms with Gasteiger partial charge < -0.3 is 14.9 Å². The molecule has 13 heavy (non-hydrogen) atoms. The van der Waals surface area contributed by atoms with Crippen LogP contribution in [0, 0.1) is 0 Å². The van der Waals surface area contributed by atoms with Crippen LogP contribution in [0.15, 0.2) is 0 Å². The van der Waals surface area contributed by atoms with Gasteiger partial charge in [0.2, 0.25) is 0 Å². The zero-order valence-electron chi connectivity index (χ0n) is 7.38. The van der Waals surface area contributed by atoms with E-state index in [1.165, 1.54) is 13.8 Å². The highest BCUT2D eigenvalue weighted by molar-refractivity contribution is 4.66. The normalized spacial score (nSPS) is 19.6. The molecule has 0 fully saturated rings. The first kappa shape index (κ1) is 12.7. The van der Waals surface area contributed by atoms with Crippen LogP contribution in [0.25, 0.3) is 0 Å². The fourth-order valence-electron chi connectivity index (χ4n) is 0.477. The lowest BCUT2D eigenvalue weighted by Crippen LogP contribution is -2.36. The van der Waals surface area contributed by atoms with Crippen molar-refractivity contribution in [2.75, 3.05) is 6.61 Å². The van der Waals surface area contributed by atoms with Crippen molar-refractivity contribution in [3.05, 3.63) is 0 Å². The summed E-state index contributed by atoms with van der Waals surface area (Å²) in [6.07, 6.45) is -8.75. The second kappa shape index (κ2) is 4.78. The second-order valence-corrected chi connectivity index (χ2v) is 2.84. The maximum absolute atomic E-state index is 11.7. The van der Waals surface area contributed by atoms with Crippen molar-refractivity contribution in [1.82, 2.24) is 0 Å². The van der Waals surface area contributed by atoms with Crippen LogP contribution in [0.4, 0.5) is 13.2 Å². The van der Waals surface area contributed by atoms with Crippen LogP contribution >= 0.6 is 0 Å². The van der Waals surface area contributed by atoms with Crippen molar-refractivity contribution in [3.8, 4) is 0 Å². The number of halogens is 3. The van der Waals surface area contributed by atoms with Gasteiger partial charge in [0.1, 0.15) is 0 Å². The van der Waals surface area contributed by atoms with Gasteiger partial charge in [-0.2, -0.15) is 13.2 Å². The average Bonchev–Trinajstić information content (AvgIpc) is 1.97. The van der Waals surface area contributed by atoms with Gasteiger partial charge in [-0.25, -0.2) is 0 Å². The molecule has 0 aromatic heterocycles. The maximum Gasteiger partial charge on any atom is 0.416 e. The van der Waals surface area contributed by atoms with E-state index in [-0.39, 0.29) is 0 Å². The predicted octanol–water partition coefficient (Wildman–Crippen LogP) is 0.696. The van der Waals surface area contributed by atoms with Crippen LogP contribution in [-0.2, 0) is 4.74 Å². The summed E-state index contributed by atoms with van der Waals surface area (Å²) in [5.74, 6) is 0. The molecule has 0 aromatic rings. The summed E-state index contributed by atoms with van der Waals surface area (Å²) in [6, 6.07) is 0. The molecule has 0 amide bonds. The second-order valence-electron chi connectivity index (χ2n) is 2.84. The third-order valence-electron chi connectivity index (χ3n) is 1.57. The fourth-order valence-corrected chi connectivity index (χ4v) is 0.477. The number of alkyl halides is 3. The van der Waals surface area contributed by atoms with E-state index >= 15 is 0 Å². The smallest absolute Gasteiger partial charge is 0.391 e. The summed E-state index contributed by atoms with van der Waals surface area (Å²) >= 11 is 0. The monoisotopic (exact) mass is 202 g/mol. The molecule has 0 rings (SSSR count). The van der Waals surface area contributed by atoms with Gasteiger partial charge in [0.25, 0.3) is 0 Å². The predicted molar refractivity (Wildman–Crippen MR) is 39.2 cm³/mol. The molecule has 0 heterocycles. The molecule has 3 nitrogen and oxygen atoms in total. The SMILES string of the molecule is CC(O)C(C)OCC(O)C(F)(F)F. The number of rotatable bonds is 4. The lowest BCUT2D eigenvalue weighted by atomic mass is 10.2. The molecule has 0 saturated carbocycles. The molecule has 0 radical (unpaired) electrons. The number of aliphatic hydroxyl groups excluding tert-OH is 2. The Labute approximate surface area is 74.1 Å². The summed E-state index contributed by atoms with van der Waals surface area (Å²) in [5.41, 5.74) is 0. The number of aliphatic hydroxyl groups is 2. The number of hydrogen-bond acceptors (Lipinski definition) is 3. The molecular weight excluding hydrogens is 189 g/mol. The summed E-state index contributed by atoms with van der Waals surface area (Å²) in [6.45, 7) is 1.97. The van der Waals surface area contributed by atoms with Gasteiger partial charge in [-0.1, -0.05) is 0 Å². The van der Waals surface area contributed by atoms with Crippen molar-refractivity contribution in [2.45, 2.75) is 38.3 Å². The molecule has 6 heteroatoms. The number of hydrogen-bond donors (Lipinski definition) is 2. The van der Waals surface area contributed by atoms with E-state index in [2.05, 4.69) is 4.74 Å². The van der Waals surface area contributed by atoms with Gasteiger partial charge in [0, 0.05) is 0 Å². The fraction of sp³-hybridized carbons (Fsp3) is 1.00. The lowest BCUT2D eigenvalue weighted by Gasteiger charge is -2.19. The van der Waals surface area contributed by atoms with Crippen molar-refractivity contribution in [2.24, 2.45) is 0 Å². The van der Waals surface area contributed by atoms with Crippen LogP contribution in [0.5, 0.6) is 0 Å². The summed E-state index contributed by atoms with van der Waals surface area (Å²) in [4.78, 5) is 0. The van der Waals surface area contributed by atoms with E-state index in [4.69, 9.17) is 10.2 Å². The Bertz CT molecular complexity index is 146. The first-order valence-electron chi connectivity index (χ1n) is 3.79. The van der Waals surface area contributed by atoms with Crippen LogP contribution in [-0.4, -0.2) is 41.3 Å². The molecule has 0 saturated heterocycles. The average molecular weight is 202 g/mol. The highest BCUT2D eigenvalue weighted by Crippen LogP contribution is 2.20. The minimum absolute atomic E-state index is 0.725. The van der Waals surface area contributed by atoms with E-state index in [1.807, 2.05) is 0 Å². The molecule has 0 bridgehead atoms. The zero-order chi connectivity index (χ0) is 10.6. The third-order valence-corrected chi connectivity index (χ3v) is 1.57. The molecule has 80 valence electrons. The Morgan fingerprint density at radius 2 is 1.69 bits per heavy atom. The summed E-state index contributed by atoms with van der Waals surface area (Å²) in [7, 11) is 0. The first-order chi connectivity index (χ1) is 5.75. The largest absolute Gasteiger partial charge is 0.416 e. The van der Waals surface area contributed by atoms with E-state index in [0.717, 1.165) is 0 Å². The van der Waals surface area contributed by atoms with Crippen molar-refractivity contribution in [1.29, 1.82) is 0 Å². The van der Waals surface area contributed by atoms with Gasteiger partial charge >= 0.3 is 6.18 Å². The van der Waals surface area contributed by atoms with E-state index in [0.29, 0.717) is 0 Å². The quantitative estimate of drug-likeness (QED) is 0.705. The molecule has 0 aliphatic rings. The molecule has 0 aliphatic heterocycles. The first-order valence-corrected chi connectivity index (χ1v) is 3.79. The van der Waals surface area contributed by atoms with Crippen molar-refractivity contribution < 1.29 is 28.1 Å². The van der Waals surface area contributed by atoms with Crippen LogP contribution in [0.3, 0.4) is 0 Å². The Balaban J connectivity index is 3.77. The number of ether oxygens (including phenoxy) is 1. The molecule has 3 unspecified atom stereocenters. The van der Waals surface area contributed by atoms with Gasteiger partial charge in [-0.15, -0.1) is 0 Å². The topological polar surface area (TPSA) is 49.7 Å². The highest BCUT2D eigenvalue weighted by atomic mass is 19.4. The standard InChI is InChI=1S/C7H13F3O3/c1-4(11)5(2)13-3-6(12)7(8,9)10/h4-6,11-12H,3H2,1-2H3. The zero-order valence-corrected chi connectivity index (χ0v) is 7.38. The minimum Gasteiger partial charge on any atom is -0.391 e. The highest BCUT2D eigenvalue weighted by Gasteiger charge is 2.38. The molecule has 0 aliphatic carbocycles. The van der Waals surface area contributed by atoms with Gasteiger partial charge in [-0.05, 0) is 13.8 Å². The Morgan fingerprint density at radius 1 is 1.23 bits per heavy atom. The Morgan fingerprint density at radius 3 is 2.00 bits per heavy atom. The van der Waals surface area contributed by atoms with Crippen molar-refractivity contribution in [3.63, 3.8) is 0 Å². The molecule has 3 atom stereocenters. The van der Waals surface area contributed by atoms with Gasteiger partial charge in [-0.3, -0.25) is 0 Å². The van der Waals surface area contributed by atoms with Gasteiger partial charge in [0.15, 0.2) is 6.10 Å². The maximum atomic E-state index is 11.7. The van der Waals surface area contributed by atoms with E-state index in [1.54, 1.807) is 0 Å². The third kappa shape index (κ3) is 5.07. The Hall–Kier alpha value is -0.330. The Kier molecular flexibility index (Phi) is 4.66. The lowest BCUT2D eigenvalue weighted by molar-refractivity contribution is -0.223. The molecule has 2 N–H and O–H groups in total. The van der Waals surface area contributed by atoms with Crippen LogP contribution in [0.2, 0.25) is 0 Å². The minimum atomic E-state index is -4.67. The van der Waals surface area contributed by atoms with Gasteiger partial charge in [0.05, 0.1) is 18.8 Å². The van der Waals surface area contributed by atoms with Crippen molar-refractivity contribution >= 4 is 0 Å². The van der Waals surface area contributed by atoms with Crippen LogP contribution in [0.1, 0.15) is 13.8 Å². The van der Waals surface area contributed by atoms with E-state index < -0.39 is 31.1 Å². The molecule has 0 aromatic carbocycles. The molecular formula is C7H13F3O3. The summed E-state index contributed by atoms with van der Waals surface area (Å²) < 4.78 is 39.7.